The Morgan fingerprint density at radius 2 is 1.34 bits per heavy atom. The maximum atomic E-state index is 11.9. The number of carbonyl (C=O) groups is 2. The molecule has 170 valence electrons. The highest BCUT2D eigenvalue weighted by Gasteiger charge is 2.48. The molecular formula is C22H41NO6. The highest BCUT2D eigenvalue weighted by Crippen LogP contribution is 2.19. The van der Waals surface area contributed by atoms with Gasteiger partial charge in [0.1, 0.15) is 6.10 Å². The van der Waals surface area contributed by atoms with Gasteiger partial charge in [-0.1, -0.05) is 90.4 Å². The van der Waals surface area contributed by atoms with Crippen LogP contribution in [0.1, 0.15) is 96.8 Å². The van der Waals surface area contributed by atoms with Crippen LogP contribution in [0.3, 0.4) is 0 Å². The van der Waals surface area contributed by atoms with Crippen molar-refractivity contribution in [3.63, 3.8) is 0 Å². The number of esters is 1. The summed E-state index contributed by atoms with van der Waals surface area (Å²) in [5.74, 6) is -1.73. The first-order chi connectivity index (χ1) is 14.0. The molecule has 4 atom stereocenters. The minimum Gasteiger partial charge on any atom is -0.454 e. The molecule has 7 heteroatoms. The molecule has 1 amide bonds. The molecule has 1 aliphatic heterocycles. The van der Waals surface area contributed by atoms with Crippen molar-refractivity contribution in [2.75, 3.05) is 6.54 Å². The van der Waals surface area contributed by atoms with E-state index in [0.29, 0.717) is 6.54 Å². The molecule has 1 saturated heterocycles. The van der Waals surface area contributed by atoms with Gasteiger partial charge in [0.05, 0.1) is 0 Å². The smallest absolute Gasteiger partial charge is 0.338 e. The van der Waals surface area contributed by atoms with Crippen molar-refractivity contribution < 1.29 is 29.6 Å². The Bertz CT molecular complexity index is 459. The summed E-state index contributed by atoms with van der Waals surface area (Å²) in [4.78, 5) is 23.0. The Morgan fingerprint density at radius 3 is 1.76 bits per heavy atom. The topological polar surface area (TPSA) is 116 Å². The molecule has 0 bridgehead atoms. The maximum absolute atomic E-state index is 11.9. The van der Waals surface area contributed by atoms with Gasteiger partial charge in [-0.2, -0.15) is 0 Å². The van der Waals surface area contributed by atoms with E-state index >= 15 is 0 Å². The van der Waals surface area contributed by atoms with Gasteiger partial charge >= 0.3 is 5.97 Å². The number of rotatable bonds is 17. The predicted octanol–water partition coefficient (Wildman–Crippen LogP) is 2.59. The highest BCUT2D eigenvalue weighted by molar-refractivity contribution is 5.84. The monoisotopic (exact) mass is 415 g/mol. The van der Waals surface area contributed by atoms with Crippen LogP contribution in [0.4, 0.5) is 0 Å². The van der Waals surface area contributed by atoms with Crippen molar-refractivity contribution in [3.8, 4) is 0 Å². The number of aliphatic hydroxyl groups excluding tert-OH is 3. The molecule has 1 fully saturated rings. The Balaban J connectivity index is 1.90. The van der Waals surface area contributed by atoms with Crippen LogP contribution >= 0.6 is 0 Å². The lowest BCUT2D eigenvalue weighted by molar-refractivity contribution is -0.153. The molecule has 7 nitrogen and oxygen atoms in total. The van der Waals surface area contributed by atoms with Crippen LogP contribution in [-0.2, 0) is 14.3 Å². The van der Waals surface area contributed by atoms with E-state index in [4.69, 9.17) is 0 Å². The average molecular weight is 416 g/mol. The molecule has 0 radical (unpaired) electrons. The van der Waals surface area contributed by atoms with Crippen LogP contribution in [-0.4, -0.2) is 58.2 Å². The van der Waals surface area contributed by atoms with Crippen LogP contribution in [0.25, 0.3) is 0 Å². The van der Waals surface area contributed by atoms with Crippen LogP contribution < -0.4 is 5.32 Å². The fourth-order valence-corrected chi connectivity index (χ4v) is 3.63. The van der Waals surface area contributed by atoms with Crippen molar-refractivity contribution >= 4 is 11.9 Å². The van der Waals surface area contributed by atoms with Crippen molar-refractivity contribution in [2.24, 2.45) is 0 Å². The average Bonchev–Trinajstić information content (AvgIpc) is 2.97. The second-order valence-electron chi connectivity index (χ2n) is 8.17. The minimum atomic E-state index is -1.71. The Morgan fingerprint density at radius 1 is 0.897 bits per heavy atom. The fourth-order valence-electron chi connectivity index (χ4n) is 3.63. The number of amides is 1. The van der Waals surface area contributed by atoms with Gasteiger partial charge in [0.25, 0.3) is 5.91 Å². The Hall–Kier alpha value is -1.18. The summed E-state index contributed by atoms with van der Waals surface area (Å²) in [6.07, 6.45) is 11.2. The van der Waals surface area contributed by atoms with E-state index in [-0.39, 0.29) is 0 Å². The first-order valence-electron chi connectivity index (χ1n) is 11.5. The molecule has 0 spiro atoms. The third-order valence-electron chi connectivity index (χ3n) is 5.56. The molecule has 0 saturated carbocycles. The van der Waals surface area contributed by atoms with Crippen molar-refractivity contribution in [1.29, 1.82) is 0 Å². The summed E-state index contributed by atoms with van der Waals surface area (Å²) in [7, 11) is 0. The summed E-state index contributed by atoms with van der Waals surface area (Å²) in [6, 6.07) is 0. The number of hydrogen-bond acceptors (Lipinski definition) is 6. The van der Waals surface area contributed by atoms with Gasteiger partial charge in [-0.15, -0.1) is 0 Å². The molecule has 0 aromatic heterocycles. The zero-order chi connectivity index (χ0) is 21.5. The maximum Gasteiger partial charge on any atom is 0.338 e. The zero-order valence-electron chi connectivity index (χ0n) is 18.0. The van der Waals surface area contributed by atoms with Crippen molar-refractivity contribution in [2.45, 2.75) is 121 Å². The summed E-state index contributed by atoms with van der Waals surface area (Å²) >= 11 is 0. The molecule has 1 rings (SSSR count). The zero-order valence-corrected chi connectivity index (χ0v) is 18.0. The quantitative estimate of drug-likeness (QED) is 0.214. The Labute approximate surface area is 175 Å². The third-order valence-corrected chi connectivity index (χ3v) is 5.56. The van der Waals surface area contributed by atoms with E-state index in [1.54, 1.807) is 0 Å². The number of aliphatic hydroxyl groups is 3. The van der Waals surface area contributed by atoms with E-state index < -0.39 is 36.3 Å². The lowest BCUT2D eigenvalue weighted by atomic mass is 10.0. The summed E-state index contributed by atoms with van der Waals surface area (Å²) in [5, 5.41) is 31.4. The minimum absolute atomic E-state index is 0.424. The van der Waals surface area contributed by atoms with Gasteiger partial charge in [0, 0.05) is 6.54 Å². The molecule has 1 heterocycles. The van der Waals surface area contributed by atoms with Gasteiger partial charge in [-0.3, -0.25) is 4.79 Å². The van der Waals surface area contributed by atoms with Crippen LogP contribution in [0, 0.1) is 0 Å². The van der Waals surface area contributed by atoms with Crippen molar-refractivity contribution in [1.82, 2.24) is 5.32 Å². The standard InChI is InChI=1S/C22H41NO6/c1-2-3-4-5-6-7-8-9-10-11-12-13-14-15-16-23-21(27)19(26)20-17(24)18(25)22(28)29-20/h17-20,24-26H,2-16H2,1H3,(H,23,27)/t17-,18+,19-,20+/m1/s1. The lowest BCUT2D eigenvalue weighted by Gasteiger charge is -2.19. The van der Waals surface area contributed by atoms with Gasteiger partial charge < -0.3 is 25.4 Å². The SMILES string of the molecule is CCCCCCCCCCCCCCCCNC(=O)[C@H](O)[C@H]1OC(=O)[C@@H](O)[C@H]1O. The van der Waals surface area contributed by atoms with Gasteiger partial charge in [0.15, 0.2) is 18.3 Å². The largest absolute Gasteiger partial charge is 0.454 e. The van der Waals surface area contributed by atoms with E-state index in [1.165, 1.54) is 70.6 Å². The Kier molecular flexibility index (Phi) is 13.9. The predicted molar refractivity (Wildman–Crippen MR) is 111 cm³/mol. The van der Waals surface area contributed by atoms with E-state index in [9.17, 15) is 24.9 Å². The van der Waals surface area contributed by atoms with E-state index in [1.807, 2.05) is 0 Å². The molecule has 4 N–H and O–H groups in total. The molecule has 29 heavy (non-hydrogen) atoms. The van der Waals surface area contributed by atoms with Gasteiger partial charge in [-0.05, 0) is 6.42 Å². The van der Waals surface area contributed by atoms with Crippen LogP contribution in [0.5, 0.6) is 0 Å². The number of carbonyl (C=O) groups excluding carboxylic acids is 2. The molecule has 0 aromatic rings. The third kappa shape index (κ3) is 10.4. The van der Waals surface area contributed by atoms with Gasteiger partial charge in [-0.25, -0.2) is 4.79 Å². The molecule has 1 aliphatic rings. The number of unbranched alkanes of at least 4 members (excludes halogenated alkanes) is 13. The second-order valence-corrected chi connectivity index (χ2v) is 8.17. The van der Waals surface area contributed by atoms with Crippen LogP contribution in [0.2, 0.25) is 0 Å². The highest BCUT2D eigenvalue weighted by atomic mass is 16.6. The molecule has 0 aliphatic carbocycles. The number of hydrogen-bond donors (Lipinski definition) is 4. The molecular weight excluding hydrogens is 374 g/mol. The summed E-state index contributed by atoms with van der Waals surface area (Å²) in [5.41, 5.74) is 0. The second kappa shape index (κ2) is 15.6. The molecule has 0 aromatic carbocycles. The van der Waals surface area contributed by atoms with E-state index in [0.717, 1.165) is 19.3 Å². The lowest BCUT2D eigenvalue weighted by Crippen LogP contribution is -2.47. The molecule has 0 unspecified atom stereocenters. The number of ether oxygens (including phenoxy) is 1. The first kappa shape index (κ1) is 25.9. The summed E-state index contributed by atoms with van der Waals surface area (Å²) in [6.45, 7) is 2.67. The summed E-state index contributed by atoms with van der Waals surface area (Å²) < 4.78 is 4.65. The normalized spacial score (nSPS) is 22.5. The number of cyclic esters (lactones) is 1. The van der Waals surface area contributed by atoms with Gasteiger partial charge in [0.2, 0.25) is 0 Å². The first-order valence-corrected chi connectivity index (χ1v) is 11.5. The van der Waals surface area contributed by atoms with Crippen molar-refractivity contribution in [3.05, 3.63) is 0 Å². The fraction of sp³-hybridized carbons (Fsp3) is 0.909. The number of nitrogens with one attached hydrogen (secondary N) is 1. The van der Waals surface area contributed by atoms with E-state index in [2.05, 4.69) is 17.0 Å². The van der Waals surface area contributed by atoms with Crippen LogP contribution in [0.15, 0.2) is 0 Å².